The summed E-state index contributed by atoms with van der Waals surface area (Å²) in [5.41, 5.74) is 1.26. The number of hydrogen-bond acceptors (Lipinski definition) is 8. The van der Waals surface area contributed by atoms with Gasteiger partial charge in [-0.25, -0.2) is 17.8 Å². The summed E-state index contributed by atoms with van der Waals surface area (Å²) in [4.78, 5) is 6.40. The Kier molecular flexibility index (Phi) is 10.0. The highest BCUT2D eigenvalue weighted by atomic mass is 32.2. The van der Waals surface area contributed by atoms with E-state index in [-0.39, 0.29) is 11.2 Å². The van der Waals surface area contributed by atoms with Crippen LogP contribution in [-0.2, 0) is 10.0 Å². The minimum atomic E-state index is -4.16. The van der Waals surface area contributed by atoms with Gasteiger partial charge < -0.3 is 20.3 Å². The molecule has 0 radical (unpaired) electrons. The van der Waals surface area contributed by atoms with Gasteiger partial charge in [0, 0.05) is 17.8 Å². The fourth-order valence-electron chi connectivity index (χ4n) is 6.10. The van der Waals surface area contributed by atoms with Crippen molar-refractivity contribution in [3.8, 4) is 5.75 Å². The maximum atomic E-state index is 15.2. The molecule has 2 atom stereocenters. The summed E-state index contributed by atoms with van der Waals surface area (Å²) < 4.78 is 50.8. The molecular weight excluding hydrogens is 561 g/mol. The van der Waals surface area contributed by atoms with Crippen LogP contribution in [0.5, 0.6) is 5.75 Å². The number of nitrogens with one attached hydrogen (secondary N) is 3. The fraction of sp³-hybridized carbons (Fsp3) is 0.567. The maximum absolute atomic E-state index is 15.2. The summed E-state index contributed by atoms with van der Waals surface area (Å²) in [5.74, 6) is 0.562. The first kappa shape index (κ1) is 30.0. The number of rotatable bonds is 13. The minimum Gasteiger partial charge on any atom is -0.493 e. The molecule has 3 aromatic rings. The lowest BCUT2D eigenvalue weighted by molar-refractivity contribution is 0.176. The second-order valence-corrected chi connectivity index (χ2v) is 14.1. The van der Waals surface area contributed by atoms with Crippen molar-refractivity contribution in [1.29, 1.82) is 0 Å². The molecule has 0 unspecified atom stereocenters. The summed E-state index contributed by atoms with van der Waals surface area (Å²) >= 11 is 1.21. The number of benzene rings is 2. The monoisotopic (exact) mass is 603 g/mol. The van der Waals surface area contributed by atoms with Gasteiger partial charge in [0.25, 0.3) is 10.0 Å². The van der Waals surface area contributed by atoms with E-state index in [0.717, 1.165) is 49.2 Å². The van der Waals surface area contributed by atoms with E-state index in [1.807, 2.05) is 25.2 Å². The molecule has 2 aromatic carbocycles. The van der Waals surface area contributed by atoms with Crippen LogP contribution in [0.3, 0.4) is 0 Å². The maximum Gasteiger partial charge on any atom is 0.266 e. The molecule has 2 fully saturated rings. The van der Waals surface area contributed by atoms with E-state index in [1.165, 1.54) is 55.6 Å². The molecule has 0 amide bonds. The molecule has 0 spiro atoms. The molecule has 11 heteroatoms. The normalized spacial score (nSPS) is 20.1. The van der Waals surface area contributed by atoms with Gasteiger partial charge in [-0.05, 0) is 102 Å². The number of likely N-dealkylation sites (N-methyl/N-ethyl adjacent to an activating group) is 1. The number of thiazole rings is 1. The molecule has 41 heavy (non-hydrogen) atoms. The van der Waals surface area contributed by atoms with E-state index in [9.17, 15) is 8.42 Å². The van der Waals surface area contributed by atoms with E-state index in [0.29, 0.717) is 29.8 Å². The molecule has 2 aliphatic carbocycles. The first-order chi connectivity index (χ1) is 19.8. The van der Waals surface area contributed by atoms with E-state index >= 15 is 4.39 Å². The highest BCUT2D eigenvalue weighted by molar-refractivity contribution is 7.93. The van der Waals surface area contributed by atoms with E-state index in [1.54, 1.807) is 6.07 Å². The van der Waals surface area contributed by atoms with Gasteiger partial charge in [-0.3, -0.25) is 4.72 Å². The fourth-order valence-corrected chi connectivity index (χ4v) is 8.29. The Balaban J connectivity index is 1.23. The van der Waals surface area contributed by atoms with Crippen LogP contribution in [0.2, 0.25) is 0 Å². The summed E-state index contributed by atoms with van der Waals surface area (Å²) in [6, 6.07) is 10.4. The third-order valence-electron chi connectivity index (χ3n) is 8.35. The van der Waals surface area contributed by atoms with Crippen LogP contribution in [0.1, 0.15) is 57.8 Å². The van der Waals surface area contributed by atoms with Crippen molar-refractivity contribution in [3.63, 3.8) is 0 Å². The average molecular weight is 604 g/mol. The molecule has 0 bridgehead atoms. The second kappa shape index (κ2) is 13.7. The standard InChI is InChI=1S/C30H42FN5O3S2/c1-32-16-7-17-36(2)27-11-6-5-10-25(27)33-22-12-15-29(24(31)18-22)41(37,38)35-30-34-26-14-13-23(19-28(26)40-30)39-20-21-8-3-4-9-21/h12-15,18-19,21,25,27,32-33H,3-11,16-17,20H2,1-2H3,(H,34,35)/t25-,27-/m0/s1. The second-order valence-electron chi connectivity index (χ2n) is 11.4. The quantitative estimate of drug-likeness (QED) is 0.204. The van der Waals surface area contributed by atoms with Crippen molar-refractivity contribution in [1.82, 2.24) is 15.2 Å². The molecule has 0 saturated heterocycles. The topological polar surface area (TPSA) is 95.6 Å². The number of anilines is 2. The van der Waals surface area contributed by atoms with Crippen LogP contribution >= 0.6 is 11.3 Å². The van der Waals surface area contributed by atoms with Gasteiger partial charge in [0.2, 0.25) is 0 Å². The third-order valence-corrected chi connectivity index (χ3v) is 10.8. The largest absolute Gasteiger partial charge is 0.493 e. The van der Waals surface area contributed by atoms with Crippen molar-refractivity contribution >= 4 is 42.4 Å². The van der Waals surface area contributed by atoms with E-state index in [4.69, 9.17) is 4.74 Å². The molecular formula is C30H42FN5O3S2. The Morgan fingerprint density at radius 2 is 1.85 bits per heavy atom. The number of halogens is 1. The predicted molar refractivity (Wildman–Crippen MR) is 165 cm³/mol. The Bertz CT molecular complexity index is 1410. The SMILES string of the molecule is CNCCCN(C)[C@H]1CCCC[C@@H]1Nc1ccc(S(=O)(=O)Nc2nc3ccc(OCC4CCCC4)cc3s2)c(F)c1. The predicted octanol–water partition coefficient (Wildman–Crippen LogP) is 6.07. The first-order valence-electron chi connectivity index (χ1n) is 14.8. The van der Waals surface area contributed by atoms with Gasteiger partial charge in [0.1, 0.15) is 16.5 Å². The molecule has 224 valence electrons. The Hall–Kier alpha value is -2.47. The molecule has 8 nitrogen and oxygen atoms in total. The molecule has 2 aliphatic rings. The van der Waals surface area contributed by atoms with E-state index in [2.05, 4.69) is 32.3 Å². The Morgan fingerprint density at radius 3 is 2.63 bits per heavy atom. The molecule has 5 rings (SSSR count). The minimum absolute atomic E-state index is 0.179. The van der Waals surface area contributed by atoms with Crippen LogP contribution in [0.15, 0.2) is 41.3 Å². The number of nitrogens with zero attached hydrogens (tertiary/aromatic N) is 2. The number of ether oxygens (including phenoxy) is 1. The lowest BCUT2D eigenvalue weighted by atomic mass is 9.89. The highest BCUT2D eigenvalue weighted by Gasteiger charge is 2.29. The van der Waals surface area contributed by atoms with Crippen LogP contribution < -0.4 is 20.1 Å². The lowest BCUT2D eigenvalue weighted by Gasteiger charge is -2.39. The molecule has 1 aromatic heterocycles. The van der Waals surface area contributed by atoms with Gasteiger partial charge in [0.05, 0.1) is 16.8 Å². The van der Waals surface area contributed by atoms with Gasteiger partial charge in [-0.15, -0.1) is 0 Å². The average Bonchev–Trinajstić information content (AvgIpc) is 3.61. The lowest BCUT2D eigenvalue weighted by Crippen LogP contribution is -2.47. The zero-order chi connectivity index (χ0) is 28.8. The van der Waals surface area contributed by atoms with Crippen molar-refractivity contribution in [3.05, 3.63) is 42.2 Å². The third kappa shape index (κ3) is 7.68. The summed E-state index contributed by atoms with van der Waals surface area (Å²) in [7, 11) is -0.0535. The summed E-state index contributed by atoms with van der Waals surface area (Å²) in [6.07, 6.45) is 10.4. The Labute approximate surface area is 247 Å². The zero-order valence-corrected chi connectivity index (χ0v) is 25.6. The molecule has 2 saturated carbocycles. The smallest absolute Gasteiger partial charge is 0.266 e. The summed E-state index contributed by atoms with van der Waals surface area (Å²) in [5, 5.41) is 6.87. The van der Waals surface area contributed by atoms with Gasteiger partial charge in [0.15, 0.2) is 5.13 Å². The number of fused-ring (bicyclic) bond motifs is 1. The molecule has 0 aliphatic heterocycles. The van der Waals surface area contributed by atoms with Crippen LogP contribution in [0, 0.1) is 11.7 Å². The number of sulfonamides is 1. The highest BCUT2D eigenvalue weighted by Crippen LogP contribution is 2.33. The number of aromatic nitrogens is 1. The van der Waals surface area contributed by atoms with Crippen molar-refractivity contribution < 1.29 is 17.5 Å². The van der Waals surface area contributed by atoms with Crippen molar-refractivity contribution in [2.45, 2.75) is 74.8 Å². The first-order valence-corrected chi connectivity index (χ1v) is 17.1. The van der Waals surface area contributed by atoms with E-state index < -0.39 is 20.7 Å². The molecule has 1 heterocycles. The van der Waals surface area contributed by atoms with Crippen LogP contribution in [0.4, 0.5) is 15.2 Å². The van der Waals surface area contributed by atoms with Crippen molar-refractivity contribution in [2.24, 2.45) is 5.92 Å². The van der Waals surface area contributed by atoms with Gasteiger partial charge in [-0.2, -0.15) is 0 Å². The zero-order valence-electron chi connectivity index (χ0n) is 24.0. The number of hydrogen-bond donors (Lipinski definition) is 3. The van der Waals surface area contributed by atoms with Crippen LogP contribution in [-0.4, -0.2) is 64.2 Å². The molecule has 3 N–H and O–H groups in total. The van der Waals surface area contributed by atoms with Gasteiger partial charge in [-0.1, -0.05) is 37.0 Å². The summed E-state index contributed by atoms with van der Waals surface area (Å²) in [6.45, 7) is 2.65. The van der Waals surface area contributed by atoms with Crippen molar-refractivity contribution in [2.75, 3.05) is 43.8 Å². The van der Waals surface area contributed by atoms with Crippen LogP contribution in [0.25, 0.3) is 10.2 Å². The Morgan fingerprint density at radius 1 is 1.07 bits per heavy atom. The van der Waals surface area contributed by atoms with Gasteiger partial charge >= 0.3 is 0 Å².